The first-order chi connectivity index (χ1) is 11.1. The van der Waals surface area contributed by atoms with Crippen LogP contribution in [-0.4, -0.2) is 42.7 Å². The fourth-order valence-electron chi connectivity index (χ4n) is 2.61. The number of rotatable bonds is 2. The molecule has 130 valence electrons. The quantitative estimate of drug-likeness (QED) is 0.882. The van der Waals surface area contributed by atoms with Crippen LogP contribution < -0.4 is 5.32 Å². The van der Waals surface area contributed by atoms with E-state index in [1.807, 2.05) is 0 Å². The number of carbonyl (C=O) groups is 1. The molecule has 1 unspecified atom stereocenters. The second-order valence-corrected chi connectivity index (χ2v) is 9.90. The van der Waals surface area contributed by atoms with Gasteiger partial charge in [0.2, 0.25) is 15.9 Å². The predicted octanol–water partition coefficient (Wildman–Crippen LogP) is 2.10. The molecule has 0 radical (unpaired) electrons. The molecular weight excluding hydrogens is 346 g/mol. The number of aromatic nitrogens is 1. The number of nitrogens with zero attached hydrogens (tertiary/aromatic N) is 2. The van der Waals surface area contributed by atoms with E-state index in [4.69, 9.17) is 0 Å². The zero-order chi connectivity index (χ0) is 17.7. The van der Waals surface area contributed by atoms with Crippen LogP contribution in [0, 0.1) is 0 Å². The van der Waals surface area contributed by atoms with Gasteiger partial charge in [0.05, 0.1) is 20.1 Å². The second-order valence-electron chi connectivity index (χ2n) is 6.98. The highest BCUT2D eigenvalue weighted by Crippen LogP contribution is 2.33. The molecule has 1 aromatic carbocycles. The average Bonchev–Trinajstić information content (AvgIpc) is 2.93. The van der Waals surface area contributed by atoms with Crippen molar-refractivity contribution in [3.05, 3.63) is 23.2 Å². The van der Waals surface area contributed by atoms with Crippen molar-refractivity contribution < 1.29 is 13.2 Å². The van der Waals surface area contributed by atoms with Crippen LogP contribution in [0.25, 0.3) is 10.2 Å². The third-order valence-electron chi connectivity index (χ3n) is 4.05. The van der Waals surface area contributed by atoms with Crippen LogP contribution in [0.5, 0.6) is 0 Å². The maximum atomic E-state index is 12.9. The molecule has 1 aromatic heterocycles. The Morgan fingerprint density at radius 2 is 2.04 bits per heavy atom. The van der Waals surface area contributed by atoms with E-state index in [1.54, 1.807) is 25.1 Å². The van der Waals surface area contributed by atoms with Gasteiger partial charge in [0, 0.05) is 18.5 Å². The molecule has 2 aromatic rings. The summed E-state index contributed by atoms with van der Waals surface area (Å²) in [4.78, 5) is 16.6. The maximum absolute atomic E-state index is 12.9. The van der Waals surface area contributed by atoms with Crippen molar-refractivity contribution in [3.63, 3.8) is 0 Å². The molecule has 2 heterocycles. The van der Waals surface area contributed by atoms with Crippen molar-refractivity contribution in [1.82, 2.24) is 14.6 Å². The summed E-state index contributed by atoms with van der Waals surface area (Å²) in [7, 11) is -3.71. The van der Waals surface area contributed by atoms with Crippen LogP contribution in [-0.2, 0) is 20.2 Å². The molecule has 1 aliphatic heterocycles. The van der Waals surface area contributed by atoms with Crippen molar-refractivity contribution in [3.8, 4) is 0 Å². The third kappa shape index (κ3) is 2.94. The van der Waals surface area contributed by atoms with Gasteiger partial charge in [-0.25, -0.2) is 13.4 Å². The normalized spacial score (nSPS) is 20.3. The minimum atomic E-state index is -3.71. The zero-order valence-electron chi connectivity index (χ0n) is 14.2. The number of carbonyl (C=O) groups excluding carboxylic acids is 1. The number of benzene rings is 1. The molecule has 1 fully saturated rings. The van der Waals surface area contributed by atoms with Crippen molar-refractivity contribution in [2.75, 3.05) is 13.1 Å². The van der Waals surface area contributed by atoms with Crippen molar-refractivity contribution in [2.24, 2.45) is 0 Å². The van der Waals surface area contributed by atoms with Crippen molar-refractivity contribution in [2.45, 2.75) is 44.0 Å². The number of thiazole rings is 1. The molecule has 0 aliphatic carbocycles. The summed E-state index contributed by atoms with van der Waals surface area (Å²) in [5, 5.41) is 3.65. The Hall–Kier alpha value is -1.51. The van der Waals surface area contributed by atoms with Gasteiger partial charge in [-0.1, -0.05) is 20.8 Å². The third-order valence-corrected chi connectivity index (χ3v) is 7.46. The van der Waals surface area contributed by atoms with Crippen LogP contribution in [0.2, 0.25) is 0 Å². The van der Waals surface area contributed by atoms with Crippen LogP contribution in [0.15, 0.2) is 23.1 Å². The van der Waals surface area contributed by atoms with Gasteiger partial charge in [0.15, 0.2) is 0 Å². The van der Waals surface area contributed by atoms with Gasteiger partial charge < -0.3 is 5.32 Å². The summed E-state index contributed by atoms with van der Waals surface area (Å²) in [5.74, 6) is -0.265. The SMILES string of the molecule is CC1C(=O)NCCN1S(=O)(=O)c1ccc2nc(C(C)(C)C)sc2c1. The lowest BCUT2D eigenvalue weighted by Crippen LogP contribution is -2.55. The number of sulfonamides is 1. The molecule has 1 N–H and O–H groups in total. The molecule has 1 amide bonds. The van der Waals surface area contributed by atoms with E-state index in [9.17, 15) is 13.2 Å². The van der Waals surface area contributed by atoms with E-state index < -0.39 is 16.1 Å². The van der Waals surface area contributed by atoms with E-state index in [-0.39, 0.29) is 22.8 Å². The summed E-state index contributed by atoms with van der Waals surface area (Å²) in [6.07, 6.45) is 0. The molecule has 0 spiro atoms. The lowest BCUT2D eigenvalue weighted by atomic mass is 9.98. The minimum absolute atomic E-state index is 0.0812. The molecule has 8 heteroatoms. The molecule has 6 nitrogen and oxygen atoms in total. The molecule has 24 heavy (non-hydrogen) atoms. The molecule has 0 bridgehead atoms. The Morgan fingerprint density at radius 1 is 1.33 bits per heavy atom. The lowest BCUT2D eigenvalue weighted by molar-refractivity contribution is -0.126. The summed E-state index contributed by atoms with van der Waals surface area (Å²) >= 11 is 1.51. The topological polar surface area (TPSA) is 79.4 Å². The molecule has 1 aliphatic rings. The minimum Gasteiger partial charge on any atom is -0.353 e. The molecule has 0 saturated carbocycles. The Balaban J connectivity index is 2.03. The number of amides is 1. The average molecular weight is 367 g/mol. The number of hydrogen-bond acceptors (Lipinski definition) is 5. The first-order valence-corrected chi connectivity index (χ1v) is 10.1. The Morgan fingerprint density at radius 3 is 2.71 bits per heavy atom. The lowest BCUT2D eigenvalue weighted by Gasteiger charge is -2.31. The molecule has 1 saturated heterocycles. The first kappa shape index (κ1) is 17.3. The summed E-state index contributed by atoms with van der Waals surface area (Å²) in [5.41, 5.74) is 0.718. The fourth-order valence-corrected chi connectivity index (χ4v) is 5.37. The maximum Gasteiger partial charge on any atom is 0.243 e. The molecule has 1 atom stereocenters. The van der Waals surface area contributed by atoms with Crippen LogP contribution in [0.4, 0.5) is 0 Å². The van der Waals surface area contributed by atoms with Gasteiger partial charge >= 0.3 is 0 Å². The fraction of sp³-hybridized carbons (Fsp3) is 0.500. The van der Waals surface area contributed by atoms with Crippen LogP contribution in [0.3, 0.4) is 0 Å². The summed E-state index contributed by atoms with van der Waals surface area (Å²) in [6, 6.07) is 4.27. The molecular formula is C16H21N3O3S2. The van der Waals surface area contributed by atoms with Gasteiger partial charge in [-0.05, 0) is 25.1 Å². The summed E-state index contributed by atoms with van der Waals surface area (Å²) < 4.78 is 27.9. The van der Waals surface area contributed by atoms with Gasteiger partial charge in [-0.15, -0.1) is 11.3 Å². The van der Waals surface area contributed by atoms with Crippen molar-refractivity contribution >= 4 is 37.5 Å². The van der Waals surface area contributed by atoms with E-state index in [2.05, 4.69) is 31.1 Å². The standard InChI is InChI=1S/C16H21N3O3S2/c1-10-14(20)17-7-8-19(10)24(21,22)11-5-6-12-13(9-11)23-15(18-12)16(2,3)4/h5-6,9-10H,7-8H2,1-4H3,(H,17,20). The highest BCUT2D eigenvalue weighted by molar-refractivity contribution is 7.89. The number of hydrogen-bond donors (Lipinski definition) is 1. The smallest absolute Gasteiger partial charge is 0.243 e. The second kappa shape index (κ2) is 5.79. The number of piperazine rings is 1. The Labute approximate surface area is 145 Å². The monoisotopic (exact) mass is 367 g/mol. The van der Waals surface area contributed by atoms with E-state index in [0.29, 0.717) is 6.54 Å². The van der Waals surface area contributed by atoms with Crippen molar-refractivity contribution in [1.29, 1.82) is 0 Å². The van der Waals surface area contributed by atoms with Crippen LogP contribution in [0.1, 0.15) is 32.7 Å². The van der Waals surface area contributed by atoms with Crippen LogP contribution >= 0.6 is 11.3 Å². The zero-order valence-corrected chi connectivity index (χ0v) is 15.8. The summed E-state index contributed by atoms with van der Waals surface area (Å²) in [6.45, 7) is 8.46. The predicted molar refractivity (Wildman–Crippen MR) is 94.7 cm³/mol. The Kier molecular flexibility index (Phi) is 4.17. The van der Waals surface area contributed by atoms with E-state index in [1.165, 1.54) is 15.6 Å². The molecule has 3 rings (SSSR count). The van der Waals surface area contributed by atoms with Gasteiger partial charge in [0.25, 0.3) is 0 Å². The number of nitrogens with one attached hydrogen (secondary N) is 1. The first-order valence-electron chi connectivity index (χ1n) is 7.81. The number of fused-ring (bicyclic) bond motifs is 1. The van der Waals surface area contributed by atoms with Gasteiger partial charge in [-0.2, -0.15) is 4.31 Å². The van der Waals surface area contributed by atoms with E-state index in [0.717, 1.165) is 15.2 Å². The largest absolute Gasteiger partial charge is 0.353 e. The highest BCUT2D eigenvalue weighted by atomic mass is 32.2. The van der Waals surface area contributed by atoms with E-state index >= 15 is 0 Å². The van der Waals surface area contributed by atoms with Gasteiger partial charge in [0.1, 0.15) is 6.04 Å². The van der Waals surface area contributed by atoms with Gasteiger partial charge in [-0.3, -0.25) is 4.79 Å². The Bertz CT molecular complexity index is 897. The highest BCUT2D eigenvalue weighted by Gasteiger charge is 2.35.